The summed E-state index contributed by atoms with van der Waals surface area (Å²) in [6.07, 6.45) is 0.746. The Balaban J connectivity index is 1.72. The van der Waals surface area contributed by atoms with Crippen LogP contribution in [0.4, 0.5) is 0 Å². The van der Waals surface area contributed by atoms with E-state index in [1.807, 2.05) is 45.0 Å². The SMILES string of the molecule is CC(C)(C)C(=O)N1CSC[C@H]1C(=O)N[C@@H]1CCOc2ccccc21. The molecule has 0 aliphatic carbocycles. The van der Waals surface area contributed by atoms with Gasteiger partial charge in [0, 0.05) is 23.2 Å². The molecule has 2 heterocycles. The molecule has 1 aromatic carbocycles. The number of para-hydroxylation sites is 1. The van der Waals surface area contributed by atoms with Crippen LogP contribution in [0.3, 0.4) is 0 Å². The molecule has 6 heteroatoms. The van der Waals surface area contributed by atoms with Crippen molar-refractivity contribution < 1.29 is 14.3 Å². The van der Waals surface area contributed by atoms with Gasteiger partial charge in [-0.3, -0.25) is 9.59 Å². The maximum Gasteiger partial charge on any atom is 0.244 e. The van der Waals surface area contributed by atoms with E-state index in [0.29, 0.717) is 18.2 Å². The van der Waals surface area contributed by atoms with Crippen molar-refractivity contribution in [3.63, 3.8) is 0 Å². The molecule has 0 spiro atoms. The predicted molar refractivity (Wildman–Crippen MR) is 94.9 cm³/mol. The summed E-state index contributed by atoms with van der Waals surface area (Å²) in [5, 5.41) is 3.13. The highest BCUT2D eigenvalue weighted by atomic mass is 32.2. The molecule has 2 aliphatic heterocycles. The number of hydrogen-bond acceptors (Lipinski definition) is 4. The van der Waals surface area contributed by atoms with Crippen molar-refractivity contribution in [3.05, 3.63) is 29.8 Å². The number of fused-ring (bicyclic) bond motifs is 1. The highest BCUT2D eigenvalue weighted by Crippen LogP contribution is 2.33. The Hall–Kier alpha value is -1.69. The third kappa shape index (κ3) is 3.38. The van der Waals surface area contributed by atoms with Crippen LogP contribution in [0.15, 0.2) is 24.3 Å². The minimum absolute atomic E-state index is 0.0278. The van der Waals surface area contributed by atoms with E-state index in [-0.39, 0.29) is 17.9 Å². The van der Waals surface area contributed by atoms with Gasteiger partial charge in [-0.05, 0) is 6.07 Å². The number of amides is 2. The lowest BCUT2D eigenvalue weighted by Gasteiger charge is -2.32. The maximum absolute atomic E-state index is 12.8. The molecule has 1 saturated heterocycles. The number of carbonyl (C=O) groups excluding carboxylic acids is 2. The van der Waals surface area contributed by atoms with Crippen LogP contribution in [-0.4, -0.2) is 41.0 Å². The topological polar surface area (TPSA) is 58.6 Å². The Morgan fingerprint density at radius 3 is 2.79 bits per heavy atom. The van der Waals surface area contributed by atoms with Crippen LogP contribution in [0.1, 0.15) is 38.8 Å². The Bertz CT molecular complexity index is 641. The Labute approximate surface area is 147 Å². The second-order valence-corrected chi connectivity index (χ2v) is 8.28. The van der Waals surface area contributed by atoms with E-state index in [1.54, 1.807) is 16.7 Å². The van der Waals surface area contributed by atoms with Gasteiger partial charge in [-0.1, -0.05) is 39.0 Å². The molecule has 1 fully saturated rings. The largest absolute Gasteiger partial charge is 0.493 e. The predicted octanol–water partition coefficient (Wildman–Crippen LogP) is 2.57. The van der Waals surface area contributed by atoms with E-state index >= 15 is 0 Å². The van der Waals surface area contributed by atoms with Gasteiger partial charge in [0.05, 0.1) is 18.5 Å². The number of carbonyl (C=O) groups is 2. The molecule has 24 heavy (non-hydrogen) atoms. The highest BCUT2D eigenvalue weighted by molar-refractivity contribution is 7.99. The third-order valence-electron chi connectivity index (χ3n) is 4.36. The zero-order valence-electron chi connectivity index (χ0n) is 14.4. The quantitative estimate of drug-likeness (QED) is 0.892. The molecule has 2 aliphatic rings. The van der Waals surface area contributed by atoms with Crippen LogP contribution in [0.2, 0.25) is 0 Å². The number of nitrogens with zero attached hydrogens (tertiary/aromatic N) is 1. The van der Waals surface area contributed by atoms with E-state index in [4.69, 9.17) is 4.74 Å². The molecule has 0 saturated carbocycles. The molecular formula is C18H24N2O3S. The first-order valence-electron chi connectivity index (χ1n) is 8.29. The summed E-state index contributed by atoms with van der Waals surface area (Å²) in [5.41, 5.74) is 0.533. The van der Waals surface area contributed by atoms with E-state index in [1.165, 1.54) is 0 Å². The van der Waals surface area contributed by atoms with Crippen molar-refractivity contribution in [1.29, 1.82) is 0 Å². The lowest BCUT2D eigenvalue weighted by Crippen LogP contribution is -2.51. The molecule has 5 nitrogen and oxygen atoms in total. The molecule has 1 N–H and O–H groups in total. The van der Waals surface area contributed by atoms with Crippen molar-refractivity contribution in [1.82, 2.24) is 10.2 Å². The molecule has 2 amide bonds. The maximum atomic E-state index is 12.8. The van der Waals surface area contributed by atoms with Gasteiger partial charge in [-0.2, -0.15) is 0 Å². The lowest BCUT2D eigenvalue weighted by molar-refractivity contribution is -0.144. The number of hydrogen-bond donors (Lipinski definition) is 1. The van der Waals surface area contributed by atoms with Gasteiger partial charge < -0.3 is 15.0 Å². The van der Waals surface area contributed by atoms with Gasteiger partial charge in [-0.15, -0.1) is 11.8 Å². The van der Waals surface area contributed by atoms with Crippen LogP contribution in [0.25, 0.3) is 0 Å². The van der Waals surface area contributed by atoms with E-state index < -0.39 is 11.5 Å². The third-order valence-corrected chi connectivity index (χ3v) is 5.37. The van der Waals surface area contributed by atoms with Crippen LogP contribution in [-0.2, 0) is 9.59 Å². The van der Waals surface area contributed by atoms with Crippen LogP contribution in [0.5, 0.6) is 5.75 Å². The molecule has 3 rings (SSSR count). The lowest BCUT2D eigenvalue weighted by atomic mass is 9.94. The molecule has 1 aromatic rings. The van der Waals surface area contributed by atoms with Gasteiger partial charge >= 0.3 is 0 Å². The molecule has 0 radical (unpaired) electrons. The summed E-state index contributed by atoms with van der Waals surface area (Å²) < 4.78 is 5.64. The molecule has 0 unspecified atom stereocenters. The summed E-state index contributed by atoms with van der Waals surface area (Å²) in [6.45, 7) is 6.26. The fourth-order valence-electron chi connectivity index (χ4n) is 3.05. The fraction of sp³-hybridized carbons (Fsp3) is 0.556. The number of nitrogens with one attached hydrogen (secondary N) is 1. The average molecular weight is 348 g/mol. The van der Waals surface area contributed by atoms with Crippen molar-refractivity contribution in [2.75, 3.05) is 18.2 Å². The van der Waals surface area contributed by atoms with Gasteiger partial charge in [0.1, 0.15) is 11.8 Å². The normalized spacial score (nSPS) is 23.4. The van der Waals surface area contributed by atoms with Crippen LogP contribution >= 0.6 is 11.8 Å². The molecule has 2 atom stereocenters. The first-order valence-corrected chi connectivity index (χ1v) is 9.44. The minimum atomic E-state index is -0.477. The first kappa shape index (κ1) is 17.1. The number of thioether (sulfide) groups is 1. The van der Waals surface area contributed by atoms with E-state index in [0.717, 1.165) is 17.7 Å². The van der Waals surface area contributed by atoms with Crippen molar-refractivity contribution in [2.45, 2.75) is 39.3 Å². The second-order valence-electron chi connectivity index (χ2n) is 7.28. The monoisotopic (exact) mass is 348 g/mol. The summed E-state index contributed by atoms with van der Waals surface area (Å²) in [5.74, 6) is 2.02. The number of benzene rings is 1. The Morgan fingerprint density at radius 2 is 2.04 bits per heavy atom. The zero-order valence-corrected chi connectivity index (χ0v) is 15.2. The van der Waals surface area contributed by atoms with Crippen molar-refractivity contribution in [3.8, 4) is 5.75 Å². The first-order chi connectivity index (χ1) is 11.4. The Kier molecular flexibility index (Phi) is 4.76. The number of rotatable bonds is 2. The van der Waals surface area contributed by atoms with Crippen LogP contribution in [0, 0.1) is 5.41 Å². The van der Waals surface area contributed by atoms with Gasteiger partial charge in [-0.25, -0.2) is 0 Å². The Morgan fingerprint density at radius 1 is 1.29 bits per heavy atom. The van der Waals surface area contributed by atoms with Crippen molar-refractivity contribution in [2.24, 2.45) is 5.41 Å². The summed E-state index contributed by atoms with van der Waals surface area (Å²) in [6, 6.07) is 7.35. The smallest absolute Gasteiger partial charge is 0.244 e. The molecule has 130 valence electrons. The van der Waals surface area contributed by atoms with Gasteiger partial charge in [0.15, 0.2) is 0 Å². The van der Waals surface area contributed by atoms with Gasteiger partial charge in [0.25, 0.3) is 0 Å². The summed E-state index contributed by atoms with van der Waals surface area (Å²) in [7, 11) is 0. The number of ether oxygens (including phenoxy) is 1. The molecular weight excluding hydrogens is 324 g/mol. The van der Waals surface area contributed by atoms with Crippen molar-refractivity contribution >= 4 is 23.6 Å². The van der Waals surface area contributed by atoms with E-state index in [9.17, 15) is 9.59 Å². The summed E-state index contributed by atoms with van der Waals surface area (Å²) in [4.78, 5) is 27.1. The summed E-state index contributed by atoms with van der Waals surface area (Å²) >= 11 is 1.63. The average Bonchev–Trinajstić information content (AvgIpc) is 3.03. The van der Waals surface area contributed by atoms with E-state index in [2.05, 4.69) is 5.32 Å². The minimum Gasteiger partial charge on any atom is -0.493 e. The zero-order chi connectivity index (χ0) is 17.3. The van der Waals surface area contributed by atoms with Crippen LogP contribution < -0.4 is 10.1 Å². The molecule has 0 aromatic heterocycles. The highest BCUT2D eigenvalue weighted by Gasteiger charge is 2.39. The second kappa shape index (κ2) is 6.67. The standard InChI is InChI=1S/C18H24N2O3S/c1-18(2,3)17(22)20-11-24-10-14(20)16(21)19-13-8-9-23-15-7-5-4-6-12(13)15/h4-7,13-14H,8-11H2,1-3H3,(H,19,21)/t13-,14+/m1/s1. The molecule has 0 bridgehead atoms. The van der Waals surface area contributed by atoms with Gasteiger partial charge in [0.2, 0.25) is 11.8 Å². The fourth-order valence-corrected chi connectivity index (χ4v) is 4.20.